The Morgan fingerprint density at radius 1 is 1.32 bits per heavy atom. The predicted molar refractivity (Wildman–Crippen MR) is 78.3 cm³/mol. The Balaban J connectivity index is 2.33. The standard InChI is InChI=1S/C15H23N3O/c1-4-6-12(16)15-17-13-10-11(19-9-5-2)7-8-14(13)18(15)3/h7-8,10,12H,4-6,9,16H2,1-3H3. The van der Waals surface area contributed by atoms with Gasteiger partial charge in [0.25, 0.3) is 0 Å². The van der Waals surface area contributed by atoms with Crippen LogP contribution in [-0.2, 0) is 7.05 Å². The summed E-state index contributed by atoms with van der Waals surface area (Å²) in [6.45, 7) is 4.97. The molecule has 4 heteroatoms. The van der Waals surface area contributed by atoms with Crippen LogP contribution in [0.4, 0.5) is 0 Å². The average Bonchev–Trinajstić information content (AvgIpc) is 2.74. The van der Waals surface area contributed by atoms with Gasteiger partial charge in [-0.3, -0.25) is 0 Å². The van der Waals surface area contributed by atoms with Crippen molar-refractivity contribution in [1.29, 1.82) is 0 Å². The molecule has 0 spiro atoms. The zero-order valence-electron chi connectivity index (χ0n) is 12.0. The van der Waals surface area contributed by atoms with Gasteiger partial charge in [-0.15, -0.1) is 0 Å². The minimum atomic E-state index is 0.00223. The maximum atomic E-state index is 6.17. The van der Waals surface area contributed by atoms with E-state index >= 15 is 0 Å². The fraction of sp³-hybridized carbons (Fsp3) is 0.533. The number of ether oxygens (including phenoxy) is 1. The van der Waals surface area contributed by atoms with Crippen LogP contribution in [0.1, 0.15) is 45.0 Å². The summed E-state index contributed by atoms with van der Waals surface area (Å²) in [7, 11) is 2.02. The largest absolute Gasteiger partial charge is 0.494 e. The fourth-order valence-corrected chi connectivity index (χ4v) is 2.28. The van der Waals surface area contributed by atoms with Crippen molar-refractivity contribution in [1.82, 2.24) is 9.55 Å². The van der Waals surface area contributed by atoms with E-state index in [-0.39, 0.29) is 6.04 Å². The molecule has 0 aliphatic carbocycles. The maximum absolute atomic E-state index is 6.17. The number of rotatable bonds is 6. The van der Waals surface area contributed by atoms with Gasteiger partial charge in [-0.1, -0.05) is 20.3 Å². The van der Waals surface area contributed by atoms with Gasteiger partial charge in [0.2, 0.25) is 0 Å². The Labute approximate surface area is 114 Å². The molecule has 104 valence electrons. The van der Waals surface area contributed by atoms with Crippen LogP contribution in [-0.4, -0.2) is 16.2 Å². The van der Waals surface area contributed by atoms with Gasteiger partial charge in [0.1, 0.15) is 11.6 Å². The Kier molecular flexibility index (Phi) is 4.43. The molecular formula is C15H23N3O. The van der Waals surface area contributed by atoms with Crippen molar-refractivity contribution < 1.29 is 4.74 Å². The van der Waals surface area contributed by atoms with Crippen LogP contribution >= 0.6 is 0 Å². The first kappa shape index (κ1) is 13.9. The van der Waals surface area contributed by atoms with Crippen LogP contribution in [0, 0.1) is 0 Å². The van der Waals surface area contributed by atoms with Gasteiger partial charge in [0.05, 0.1) is 23.7 Å². The quantitative estimate of drug-likeness (QED) is 0.869. The van der Waals surface area contributed by atoms with Crippen LogP contribution in [0.25, 0.3) is 11.0 Å². The van der Waals surface area contributed by atoms with Crippen LogP contribution < -0.4 is 10.5 Å². The number of nitrogens with two attached hydrogens (primary N) is 1. The predicted octanol–water partition coefficient (Wildman–Crippen LogP) is 3.16. The zero-order chi connectivity index (χ0) is 13.8. The Hall–Kier alpha value is -1.55. The van der Waals surface area contributed by atoms with Gasteiger partial charge in [-0.25, -0.2) is 4.98 Å². The second-order valence-electron chi connectivity index (χ2n) is 4.92. The minimum Gasteiger partial charge on any atom is -0.494 e. The van der Waals surface area contributed by atoms with Crippen molar-refractivity contribution in [3.05, 3.63) is 24.0 Å². The number of hydrogen-bond donors (Lipinski definition) is 1. The lowest BCUT2D eigenvalue weighted by molar-refractivity contribution is 0.318. The van der Waals surface area contributed by atoms with E-state index in [1.54, 1.807) is 0 Å². The molecule has 0 aliphatic rings. The summed E-state index contributed by atoms with van der Waals surface area (Å²) in [5, 5.41) is 0. The summed E-state index contributed by atoms with van der Waals surface area (Å²) in [6, 6.07) is 6.04. The normalized spacial score (nSPS) is 12.8. The highest BCUT2D eigenvalue weighted by atomic mass is 16.5. The third-order valence-electron chi connectivity index (χ3n) is 3.29. The molecule has 2 rings (SSSR count). The van der Waals surface area contributed by atoms with E-state index in [2.05, 4.69) is 29.5 Å². The molecule has 1 aromatic carbocycles. The first-order valence-electron chi connectivity index (χ1n) is 7.02. The molecule has 4 nitrogen and oxygen atoms in total. The second kappa shape index (κ2) is 6.06. The molecule has 1 aromatic heterocycles. The summed E-state index contributed by atoms with van der Waals surface area (Å²) in [5.74, 6) is 1.83. The van der Waals surface area contributed by atoms with E-state index in [9.17, 15) is 0 Å². The SMILES string of the molecule is CCCOc1ccc2c(c1)nc(C(N)CCC)n2C. The van der Waals surface area contributed by atoms with Crippen molar-refractivity contribution in [3.8, 4) is 5.75 Å². The lowest BCUT2D eigenvalue weighted by Crippen LogP contribution is -2.14. The lowest BCUT2D eigenvalue weighted by Gasteiger charge is -2.09. The number of hydrogen-bond acceptors (Lipinski definition) is 3. The Morgan fingerprint density at radius 2 is 2.11 bits per heavy atom. The monoisotopic (exact) mass is 261 g/mol. The smallest absolute Gasteiger partial charge is 0.126 e. The molecule has 0 saturated carbocycles. The molecule has 0 saturated heterocycles. The van der Waals surface area contributed by atoms with Gasteiger partial charge < -0.3 is 15.0 Å². The highest BCUT2D eigenvalue weighted by Gasteiger charge is 2.14. The van der Waals surface area contributed by atoms with Crippen molar-refractivity contribution in [2.45, 2.75) is 39.2 Å². The molecule has 19 heavy (non-hydrogen) atoms. The molecule has 0 bridgehead atoms. The molecular weight excluding hydrogens is 238 g/mol. The summed E-state index contributed by atoms with van der Waals surface area (Å²) in [6.07, 6.45) is 3.03. The number of benzene rings is 1. The summed E-state index contributed by atoms with van der Waals surface area (Å²) in [5.41, 5.74) is 8.23. The third-order valence-corrected chi connectivity index (χ3v) is 3.29. The number of aromatic nitrogens is 2. The molecule has 0 amide bonds. The number of fused-ring (bicyclic) bond motifs is 1. The number of aryl methyl sites for hydroxylation is 1. The Bertz CT molecular complexity index is 548. The highest BCUT2D eigenvalue weighted by molar-refractivity contribution is 5.77. The van der Waals surface area contributed by atoms with E-state index in [4.69, 9.17) is 10.5 Å². The van der Waals surface area contributed by atoms with Gasteiger partial charge in [-0.05, 0) is 25.0 Å². The number of imidazole rings is 1. The average molecular weight is 261 g/mol. The zero-order valence-corrected chi connectivity index (χ0v) is 12.0. The van der Waals surface area contributed by atoms with Crippen LogP contribution in [0.2, 0.25) is 0 Å². The van der Waals surface area contributed by atoms with Crippen molar-refractivity contribution in [3.63, 3.8) is 0 Å². The second-order valence-corrected chi connectivity index (χ2v) is 4.92. The fourth-order valence-electron chi connectivity index (χ4n) is 2.28. The summed E-state index contributed by atoms with van der Waals surface area (Å²) in [4.78, 5) is 4.66. The molecule has 1 unspecified atom stereocenters. The molecule has 1 atom stereocenters. The molecule has 2 N–H and O–H groups in total. The van der Waals surface area contributed by atoms with Gasteiger partial charge in [0.15, 0.2) is 0 Å². The van der Waals surface area contributed by atoms with Gasteiger partial charge >= 0.3 is 0 Å². The third kappa shape index (κ3) is 2.89. The lowest BCUT2D eigenvalue weighted by atomic mass is 10.2. The topological polar surface area (TPSA) is 53.1 Å². The van der Waals surface area contributed by atoms with E-state index in [0.717, 1.165) is 48.5 Å². The van der Waals surface area contributed by atoms with Crippen LogP contribution in [0.3, 0.4) is 0 Å². The van der Waals surface area contributed by atoms with Crippen molar-refractivity contribution >= 4 is 11.0 Å². The molecule has 0 fully saturated rings. The molecule has 0 radical (unpaired) electrons. The highest BCUT2D eigenvalue weighted by Crippen LogP contribution is 2.24. The Morgan fingerprint density at radius 3 is 2.79 bits per heavy atom. The first-order valence-corrected chi connectivity index (χ1v) is 7.02. The summed E-state index contributed by atoms with van der Waals surface area (Å²) >= 11 is 0. The van der Waals surface area contributed by atoms with E-state index in [1.165, 1.54) is 0 Å². The van der Waals surface area contributed by atoms with Gasteiger partial charge in [0, 0.05) is 13.1 Å². The van der Waals surface area contributed by atoms with E-state index in [0.29, 0.717) is 0 Å². The van der Waals surface area contributed by atoms with Crippen LogP contribution in [0.5, 0.6) is 5.75 Å². The van der Waals surface area contributed by atoms with Gasteiger partial charge in [-0.2, -0.15) is 0 Å². The summed E-state index contributed by atoms with van der Waals surface area (Å²) < 4.78 is 7.72. The van der Waals surface area contributed by atoms with E-state index < -0.39 is 0 Å². The minimum absolute atomic E-state index is 0.00223. The van der Waals surface area contributed by atoms with Crippen molar-refractivity contribution in [2.75, 3.05) is 6.61 Å². The first-order chi connectivity index (χ1) is 9.17. The van der Waals surface area contributed by atoms with Crippen molar-refractivity contribution in [2.24, 2.45) is 12.8 Å². The van der Waals surface area contributed by atoms with E-state index in [1.807, 2.05) is 19.2 Å². The van der Waals surface area contributed by atoms with Crippen LogP contribution in [0.15, 0.2) is 18.2 Å². The molecule has 1 heterocycles. The maximum Gasteiger partial charge on any atom is 0.126 e. The molecule has 2 aromatic rings. The number of nitrogens with zero attached hydrogens (tertiary/aromatic N) is 2. The molecule has 0 aliphatic heterocycles.